The van der Waals surface area contributed by atoms with E-state index in [1.165, 1.54) is 17.3 Å². The van der Waals surface area contributed by atoms with E-state index in [1.807, 2.05) is 4.57 Å². The number of carbonyl (C=O) groups excluding carboxylic acids is 1. The van der Waals surface area contributed by atoms with Gasteiger partial charge in [-0.05, 0) is 31.3 Å². The van der Waals surface area contributed by atoms with E-state index in [0.717, 1.165) is 66.3 Å². The third-order valence-corrected chi connectivity index (χ3v) is 6.59. The molecule has 1 aliphatic carbocycles. The van der Waals surface area contributed by atoms with Crippen LogP contribution in [0.15, 0.2) is 30.9 Å². The van der Waals surface area contributed by atoms with Crippen LogP contribution >= 0.6 is 23.4 Å². The molecular weight excluding hydrogens is 332 g/mol. The van der Waals surface area contributed by atoms with Crippen LogP contribution in [0, 0.1) is 0 Å². The Balaban J connectivity index is 1.81. The van der Waals surface area contributed by atoms with Gasteiger partial charge in [-0.25, -0.2) is 4.98 Å². The Labute approximate surface area is 143 Å². The molecule has 0 radical (unpaired) electrons. The fraction of sp³-hybridized carbons (Fsp3) is 0.471. The van der Waals surface area contributed by atoms with Crippen molar-refractivity contribution in [2.75, 3.05) is 0 Å². The van der Waals surface area contributed by atoms with E-state index < -0.39 is 0 Å². The third kappa shape index (κ3) is 2.50. The second kappa shape index (κ2) is 5.95. The van der Waals surface area contributed by atoms with Crippen LogP contribution in [-0.2, 0) is 24.2 Å². The minimum atomic E-state index is 0.118. The van der Waals surface area contributed by atoms with Gasteiger partial charge in [-0.2, -0.15) is 0 Å². The highest BCUT2D eigenvalue weighted by Crippen LogP contribution is 2.46. The van der Waals surface area contributed by atoms with E-state index in [-0.39, 0.29) is 5.56 Å². The predicted molar refractivity (Wildman–Crippen MR) is 90.8 cm³/mol. The van der Waals surface area contributed by atoms with Crippen LogP contribution in [0.3, 0.4) is 0 Å². The molecular formula is C17H17ClN2O2S. The molecule has 3 aliphatic rings. The van der Waals surface area contributed by atoms with Gasteiger partial charge in [-0.15, -0.1) is 0 Å². The van der Waals surface area contributed by atoms with E-state index in [2.05, 4.69) is 0 Å². The molecule has 4 nitrogen and oxygen atoms in total. The number of thioether (sulfide) groups is 1. The summed E-state index contributed by atoms with van der Waals surface area (Å²) in [4.78, 5) is 29.7. The lowest BCUT2D eigenvalue weighted by Gasteiger charge is -2.26. The van der Waals surface area contributed by atoms with Gasteiger partial charge in [0.25, 0.3) is 5.56 Å². The lowest BCUT2D eigenvalue weighted by Crippen LogP contribution is -2.30. The second-order valence-electron chi connectivity index (χ2n) is 6.25. The van der Waals surface area contributed by atoms with Crippen molar-refractivity contribution in [3.8, 4) is 0 Å². The first-order valence-electron chi connectivity index (χ1n) is 8.05. The van der Waals surface area contributed by atoms with E-state index in [9.17, 15) is 9.59 Å². The van der Waals surface area contributed by atoms with Crippen molar-refractivity contribution >= 4 is 29.6 Å². The molecule has 0 spiro atoms. The Morgan fingerprint density at radius 1 is 1.17 bits per heavy atom. The molecule has 6 heteroatoms. The summed E-state index contributed by atoms with van der Waals surface area (Å²) in [6, 6.07) is 0. The van der Waals surface area contributed by atoms with Crippen LogP contribution in [0.4, 0.5) is 0 Å². The summed E-state index contributed by atoms with van der Waals surface area (Å²) in [7, 11) is 0. The van der Waals surface area contributed by atoms with Crippen LogP contribution in [0.25, 0.3) is 0 Å². The first-order chi connectivity index (χ1) is 11.2. The van der Waals surface area contributed by atoms with Gasteiger partial charge in [0.15, 0.2) is 0 Å². The lowest BCUT2D eigenvalue weighted by atomic mass is 9.94. The maximum absolute atomic E-state index is 12.9. The number of halogens is 1. The smallest absolute Gasteiger partial charge is 0.258 e. The van der Waals surface area contributed by atoms with Gasteiger partial charge >= 0.3 is 0 Å². The molecule has 0 N–H and O–H groups in total. The number of aromatic nitrogens is 2. The summed E-state index contributed by atoms with van der Waals surface area (Å²) in [6.07, 6.45) is 7.06. The Morgan fingerprint density at radius 2 is 2.04 bits per heavy atom. The van der Waals surface area contributed by atoms with Gasteiger partial charge in [0.05, 0.1) is 10.6 Å². The number of allylic oxidation sites excluding steroid dienone is 3. The third-order valence-electron chi connectivity index (χ3n) is 4.82. The number of aldehydes is 1. The van der Waals surface area contributed by atoms with Crippen LogP contribution < -0.4 is 5.56 Å². The maximum Gasteiger partial charge on any atom is 0.258 e. The van der Waals surface area contributed by atoms with Crippen molar-refractivity contribution in [1.82, 2.24) is 9.55 Å². The SMILES string of the molecule is O=CC1=C(Cl)C2=C(CC1)Cc1c(nc3n(c1=O)CCCCC3)S2. The molecule has 0 aromatic carbocycles. The molecule has 0 bridgehead atoms. The Hall–Kier alpha value is -1.33. The number of fused-ring (bicyclic) bond motifs is 2. The fourth-order valence-electron chi connectivity index (χ4n) is 3.52. The molecule has 0 amide bonds. The number of rotatable bonds is 1. The fourth-order valence-corrected chi connectivity index (χ4v) is 5.07. The average Bonchev–Trinajstić information content (AvgIpc) is 2.80. The molecule has 4 rings (SSSR count). The normalized spacial score (nSPS) is 20.6. The lowest BCUT2D eigenvalue weighted by molar-refractivity contribution is -0.105. The number of nitrogens with zero attached hydrogens (tertiary/aromatic N) is 2. The molecule has 2 aliphatic heterocycles. The van der Waals surface area contributed by atoms with Gasteiger partial charge in [0.2, 0.25) is 0 Å². The maximum atomic E-state index is 12.9. The van der Waals surface area contributed by atoms with E-state index in [0.29, 0.717) is 23.4 Å². The summed E-state index contributed by atoms with van der Waals surface area (Å²) < 4.78 is 1.87. The van der Waals surface area contributed by atoms with Crippen molar-refractivity contribution in [1.29, 1.82) is 0 Å². The number of carbonyl (C=O) groups is 1. The minimum Gasteiger partial charge on any atom is -0.298 e. The van der Waals surface area contributed by atoms with Crippen LogP contribution in [0.2, 0.25) is 0 Å². The van der Waals surface area contributed by atoms with Gasteiger partial charge in [0, 0.05) is 29.9 Å². The summed E-state index contributed by atoms with van der Waals surface area (Å²) >= 11 is 7.86. The van der Waals surface area contributed by atoms with Crippen LogP contribution in [-0.4, -0.2) is 15.8 Å². The highest BCUT2D eigenvalue weighted by atomic mass is 35.5. The van der Waals surface area contributed by atoms with E-state index in [4.69, 9.17) is 16.6 Å². The summed E-state index contributed by atoms with van der Waals surface area (Å²) in [6.45, 7) is 0.779. The quantitative estimate of drug-likeness (QED) is 0.577. The van der Waals surface area contributed by atoms with Crippen molar-refractivity contribution in [3.63, 3.8) is 0 Å². The van der Waals surface area contributed by atoms with Crippen molar-refractivity contribution in [2.24, 2.45) is 0 Å². The summed E-state index contributed by atoms with van der Waals surface area (Å²) in [5, 5.41) is 1.33. The minimum absolute atomic E-state index is 0.118. The van der Waals surface area contributed by atoms with Crippen LogP contribution in [0.5, 0.6) is 0 Å². The molecule has 1 aromatic heterocycles. The van der Waals surface area contributed by atoms with E-state index >= 15 is 0 Å². The van der Waals surface area contributed by atoms with Crippen molar-refractivity contribution in [3.05, 3.63) is 42.8 Å². The molecule has 0 unspecified atom stereocenters. The molecule has 3 heterocycles. The number of hydrogen-bond donors (Lipinski definition) is 0. The average molecular weight is 349 g/mol. The monoisotopic (exact) mass is 348 g/mol. The van der Waals surface area contributed by atoms with Crippen molar-refractivity contribution in [2.45, 2.75) is 56.5 Å². The molecule has 1 aromatic rings. The van der Waals surface area contributed by atoms with Gasteiger partial charge in [-0.3, -0.25) is 14.2 Å². The first-order valence-corrected chi connectivity index (χ1v) is 9.25. The standard InChI is InChI=1S/C17H17ClN2O2S/c18-14-11(9-21)6-5-10-8-12-16(23-15(10)14)19-13-4-2-1-3-7-20(13)17(12)22/h9H,1-8H2. The zero-order valence-electron chi connectivity index (χ0n) is 12.7. The van der Waals surface area contributed by atoms with Crippen LogP contribution in [0.1, 0.15) is 43.5 Å². The Kier molecular flexibility index (Phi) is 3.93. The van der Waals surface area contributed by atoms with Gasteiger partial charge in [-0.1, -0.05) is 29.8 Å². The summed E-state index contributed by atoms with van der Waals surface area (Å²) in [5.41, 5.74) is 2.75. The zero-order valence-corrected chi connectivity index (χ0v) is 14.3. The molecule has 23 heavy (non-hydrogen) atoms. The molecule has 0 saturated heterocycles. The highest BCUT2D eigenvalue weighted by molar-refractivity contribution is 8.03. The number of aryl methyl sites for hydroxylation is 1. The van der Waals surface area contributed by atoms with Gasteiger partial charge < -0.3 is 0 Å². The topological polar surface area (TPSA) is 52.0 Å². The predicted octanol–water partition coefficient (Wildman–Crippen LogP) is 3.36. The molecule has 120 valence electrons. The molecule has 0 atom stereocenters. The highest BCUT2D eigenvalue weighted by Gasteiger charge is 2.30. The number of hydrogen-bond acceptors (Lipinski definition) is 4. The van der Waals surface area contributed by atoms with Crippen molar-refractivity contribution < 1.29 is 4.79 Å². The Bertz CT molecular complexity index is 823. The molecule has 0 saturated carbocycles. The van der Waals surface area contributed by atoms with E-state index in [1.54, 1.807) is 0 Å². The second-order valence-corrected chi connectivity index (χ2v) is 7.62. The Morgan fingerprint density at radius 3 is 2.87 bits per heavy atom. The first kappa shape index (κ1) is 15.2. The largest absolute Gasteiger partial charge is 0.298 e. The van der Waals surface area contributed by atoms with Gasteiger partial charge in [0.1, 0.15) is 17.1 Å². The summed E-state index contributed by atoms with van der Waals surface area (Å²) in [5.74, 6) is 0.898. The zero-order chi connectivity index (χ0) is 16.0. The molecule has 0 fully saturated rings.